The van der Waals surface area contributed by atoms with E-state index in [2.05, 4.69) is 29.1 Å². The van der Waals surface area contributed by atoms with Crippen LogP contribution in [0, 0.1) is 11.8 Å². The number of nitrogens with two attached hydrogens (primary N) is 1. The molecule has 0 amide bonds. The van der Waals surface area contributed by atoms with Gasteiger partial charge in [0.25, 0.3) is 0 Å². The number of hydrogen-bond acceptors (Lipinski definition) is 4. The second-order valence-corrected chi connectivity index (χ2v) is 5.44. The second-order valence-electron chi connectivity index (χ2n) is 5.03. The summed E-state index contributed by atoms with van der Waals surface area (Å²) < 4.78 is 0. The zero-order valence-electron chi connectivity index (χ0n) is 10.3. The molecule has 5 heteroatoms. The van der Waals surface area contributed by atoms with E-state index in [0.29, 0.717) is 16.9 Å². The van der Waals surface area contributed by atoms with Gasteiger partial charge in [0.2, 0.25) is 5.95 Å². The lowest BCUT2D eigenvalue weighted by Gasteiger charge is -2.32. The fourth-order valence-corrected chi connectivity index (χ4v) is 2.50. The Kier molecular flexibility index (Phi) is 3.72. The zero-order chi connectivity index (χ0) is 12.4. The second kappa shape index (κ2) is 5.08. The van der Waals surface area contributed by atoms with Crippen molar-refractivity contribution in [2.45, 2.75) is 39.2 Å². The number of anilines is 2. The van der Waals surface area contributed by atoms with Crippen LogP contribution < -0.4 is 11.1 Å². The first-order valence-electron chi connectivity index (χ1n) is 6.11. The Hall–Kier alpha value is -1.03. The molecule has 1 fully saturated rings. The molecular formula is C12H19ClN4. The van der Waals surface area contributed by atoms with Gasteiger partial charge in [-0.25, -0.2) is 4.98 Å². The predicted octanol–water partition coefficient (Wildman–Crippen LogP) is 2.95. The molecule has 17 heavy (non-hydrogen) atoms. The Bertz CT molecular complexity index is 396. The van der Waals surface area contributed by atoms with Crippen LogP contribution >= 0.6 is 11.6 Å². The van der Waals surface area contributed by atoms with E-state index < -0.39 is 0 Å². The standard InChI is InChI=1S/C12H19ClN4/c1-7-3-4-9(5-8(7)2)16-11-10(13)6-15-12(14)17-11/h6-9H,3-5H2,1-2H3,(H3,14,15,16,17). The van der Waals surface area contributed by atoms with Crippen LogP contribution in [0.1, 0.15) is 33.1 Å². The smallest absolute Gasteiger partial charge is 0.222 e. The van der Waals surface area contributed by atoms with Gasteiger partial charge in [-0.2, -0.15) is 4.98 Å². The summed E-state index contributed by atoms with van der Waals surface area (Å²) in [6.45, 7) is 4.62. The minimum Gasteiger partial charge on any atom is -0.368 e. The van der Waals surface area contributed by atoms with E-state index in [1.165, 1.54) is 6.42 Å². The van der Waals surface area contributed by atoms with Crippen molar-refractivity contribution in [3.05, 3.63) is 11.2 Å². The first-order chi connectivity index (χ1) is 8.06. The van der Waals surface area contributed by atoms with Crippen LogP contribution in [0.5, 0.6) is 0 Å². The molecule has 3 N–H and O–H groups in total. The van der Waals surface area contributed by atoms with Crippen molar-refractivity contribution in [3.63, 3.8) is 0 Å². The SMILES string of the molecule is CC1CCC(Nc2nc(N)ncc2Cl)CC1C. The quantitative estimate of drug-likeness (QED) is 0.852. The molecule has 2 rings (SSSR count). The molecule has 94 valence electrons. The molecule has 0 bridgehead atoms. The van der Waals surface area contributed by atoms with Crippen LogP contribution in [0.4, 0.5) is 11.8 Å². The summed E-state index contributed by atoms with van der Waals surface area (Å²) >= 11 is 6.04. The Morgan fingerprint density at radius 2 is 2.12 bits per heavy atom. The van der Waals surface area contributed by atoms with Gasteiger partial charge in [0.1, 0.15) is 5.02 Å². The number of nitrogen functional groups attached to an aromatic ring is 1. The molecule has 3 atom stereocenters. The topological polar surface area (TPSA) is 63.8 Å². The molecule has 1 aromatic heterocycles. The fourth-order valence-electron chi connectivity index (χ4n) is 2.35. The molecule has 3 unspecified atom stereocenters. The van der Waals surface area contributed by atoms with Gasteiger partial charge in [-0.1, -0.05) is 25.4 Å². The van der Waals surface area contributed by atoms with Crippen LogP contribution in [-0.4, -0.2) is 16.0 Å². The monoisotopic (exact) mass is 254 g/mol. The summed E-state index contributed by atoms with van der Waals surface area (Å²) in [5.41, 5.74) is 5.56. The Morgan fingerprint density at radius 3 is 2.82 bits per heavy atom. The largest absolute Gasteiger partial charge is 0.368 e. The van der Waals surface area contributed by atoms with Gasteiger partial charge in [-0.3, -0.25) is 0 Å². The molecule has 1 saturated carbocycles. The van der Waals surface area contributed by atoms with E-state index in [1.54, 1.807) is 6.20 Å². The third kappa shape index (κ3) is 3.00. The maximum atomic E-state index is 6.04. The number of nitrogens with zero attached hydrogens (tertiary/aromatic N) is 2. The van der Waals surface area contributed by atoms with E-state index in [1.807, 2.05) is 0 Å². The summed E-state index contributed by atoms with van der Waals surface area (Å²) in [4.78, 5) is 7.99. The minimum atomic E-state index is 0.258. The van der Waals surface area contributed by atoms with Gasteiger partial charge >= 0.3 is 0 Å². The zero-order valence-corrected chi connectivity index (χ0v) is 11.0. The van der Waals surface area contributed by atoms with Crippen LogP contribution in [-0.2, 0) is 0 Å². The van der Waals surface area contributed by atoms with Crippen LogP contribution in [0.15, 0.2) is 6.20 Å². The van der Waals surface area contributed by atoms with Crippen LogP contribution in [0.25, 0.3) is 0 Å². The van der Waals surface area contributed by atoms with Gasteiger partial charge in [0.05, 0.1) is 6.20 Å². The van der Waals surface area contributed by atoms with E-state index in [9.17, 15) is 0 Å². The third-order valence-electron chi connectivity index (χ3n) is 3.70. The maximum Gasteiger partial charge on any atom is 0.222 e. The average molecular weight is 255 g/mol. The fraction of sp³-hybridized carbons (Fsp3) is 0.667. The highest BCUT2D eigenvalue weighted by Gasteiger charge is 2.25. The predicted molar refractivity (Wildman–Crippen MR) is 71.0 cm³/mol. The lowest BCUT2D eigenvalue weighted by atomic mass is 9.79. The van der Waals surface area contributed by atoms with Crippen LogP contribution in [0.3, 0.4) is 0 Å². The molecular weight excluding hydrogens is 236 g/mol. The van der Waals surface area contributed by atoms with Gasteiger partial charge in [-0.15, -0.1) is 0 Å². The van der Waals surface area contributed by atoms with Gasteiger partial charge in [-0.05, 0) is 31.1 Å². The summed E-state index contributed by atoms with van der Waals surface area (Å²) in [6.07, 6.45) is 5.10. The first-order valence-corrected chi connectivity index (χ1v) is 6.48. The molecule has 0 spiro atoms. The molecule has 0 aromatic carbocycles. The highest BCUT2D eigenvalue weighted by molar-refractivity contribution is 6.32. The maximum absolute atomic E-state index is 6.04. The Morgan fingerprint density at radius 1 is 1.35 bits per heavy atom. The molecule has 4 nitrogen and oxygen atoms in total. The molecule has 0 saturated heterocycles. The number of nitrogens with one attached hydrogen (secondary N) is 1. The normalized spacial score (nSPS) is 29.0. The van der Waals surface area contributed by atoms with Gasteiger partial charge < -0.3 is 11.1 Å². The highest BCUT2D eigenvalue weighted by atomic mass is 35.5. The summed E-state index contributed by atoms with van der Waals surface area (Å²) in [6, 6.07) is 0.438. The average Bonchev–Trinajstić information content (AvgIpc) is 2.29. The molecule has 1 heterocycles. The highest BCUT2D eigenvalue weighted by Crippen LogP contribution is 2.31. The van der Waals surface area contributed by atoms with E-state index in [0.717, 1.165) is 24.7 Å². The molecule has 0 aliphatic heterocycles. The molecule has 1 aliphatic rings. The van der Waals surface area contributed by atoms with Gasteiger partial charge in [0, 0.05) is 6.04 Å². The van der Waals surface area contributed by atoms with Crippen molar-refractivity contribution in [2.75, 3.05) is 11.1 Å². The lowest BCUT2D eigenvalue weighted by molar-refractivity contribution is 0.260. The van der Waals surface area contributed by atoms with E-state index >= 15 is 0 Å². The minimum absolute atomic E-state index is 0.258. The molecule has 0 radical (unpaired) electrons. The summed E-state index contributed by atoms with van der Waals surface area (Å²) in [5.74, 6) is 2.46. The number of halogens is 1. The Balaban J connectivity index is 2.03. The van der Waals surface area contributed by atoms with Crippen molar-refractivity contribution in [1.82, 2.24) is 9.97 Å². The van der Waals surface area contributed by atoms with E-state index in [-0.39, 0.29) is 5.95 Å². The summed E-state index contributed by atoms with van der Waals surface area (Å²) in [7, 11) is 0. The first kappa shape index (κ1) is 12.4. The number of rotatable bonds is 2. The van der Waals surface area contributed by atoms with Crippen molar-refractivity contribution >= 4 is 23.4 Å². The van der Waals surface area contributed by atoms with Crippen molar-refractivity contribution < 1.29 is 0 Å². The molecule has 1 aromatic rings. The number of aromatic nitrogens is 2. The number of hydrogen-bond donors (Lipinski definition) is 2. The summed E-state index contributed by atoms with van der Waals surface area (Å²) in [5, 5.41) is 3.91. The Labute approximate surface area is 107 Å². The lowest BCUT2D eigenvalue weighted by Crippen LogP contribution is -2.30. The van der Waals surface area contributed by atoms with Crippen molar-refractivity contribution in [1.29, 1.82) is 0 Å². The molecule has 1 aliphatic carbocycles. The van der Waals surface area contributed by atoms with Crippen molar-refractivity contribution in [2.24, 2.45) is 11.8 Å². The van der Waals surface area contributed by atoms with E-state index in [4.69, 9.17) is 17.3 Å². The third-order valence-corrected chi connectivity index (χ3v) is 3.98. The van der Waals surface area contributed by atoms with Crippen LogP contribution in [0.2, 0.25) is 5.02 Å². The van der Waals surface area contributed by atoms with Crippen molar-refractivity contribution in [3.8, 4) is 0 Å². The van der Waals surface area contributed by atoms with Gasteiger partial charge in [0.15, 0.2) is 5.82 Å².